The van der Waals surface area contributed by atoms with Crippen LogP contribution in [0.2, 0.25) is 0 Å². The van der Waals surface area contributed by atoms with Crippen molar-refractivity contribution >= 4 is 11.0 Å². The first-order valence-corrected chi connectivity index (χ1v) is 9.75. The molecule has 1 saturated heterocycles. The molecule has 4 rings (SSSR count). The van der Waals surface area contributed by atoms with Gasteiger partial charge in [-0.05, 0) is 63.9 Å². The maximum absolute atomic E-state index is 6.21. The standard InChI is InChI=1S/C20H29N3O2/c1-3-4-10-22-11-8-16(9-12-22)14-25-20-21-17-6-5-7-18-19(17)23(20)15(2)13-24-18/h5-7,15-16H,3-4,8-14H2,1-2H3. The van der Waals surface area contributed by atoms with E-state index in [0.717, 1.165) is 29.4 Å². The molecule has 0 saturated carbocycles. The average molecular weight is 343 g/mol. The fraction of sp³-hybridized carbons (Fsp3) is 0.650. The van der Waals surface area contributed by atoms with Crippen LogP contribution in [-0.4, -0.2) is 47.3 Å². The van der Waals surface area contributed by atoms with Gasteiger partial charge in [-0.25, -0.2) is 0 Å². The molecule has 1 atom stereocenters. The molecule has 0 aliphatic carbocycles. The Labute approximate surface area is 149 Å². The topological polar surface area (TPSA) is 39.5 Å². The molecule has 136 valence electrons. The molecular formula is C20H29N3O2. The molecule has 1 unspecified atom stereocenters. The highest BCUT2D eigenvalue weighted by Crippen LogP contribution is 2.36. The first-order valence-electron chi connectivity index (χ1n) is 9.75. The smallest absolute Gasteiger partial charge is 0.297 e. The molecule has 2 aliphatic rings. The Morgan fingerprint density at radius 3 is 2.92 bits per heavy atom. The van der Waals surface area contributed by atoms with Gasteiger partial charge in [-0.2, -0.15) is 4.98 Å². The zero-order chi connectivity index (χ0) is 17.2. The van der Waals surface area contributed by atoms with Crippen LogP contribution in [0, 0.1) is 5.92 Å². The predicted octanol–water partition coefficient (Wildman–Crippen LogP) is 3.88. The summed E-state index contributed by atoms with van der Waals surface area (Å²) in [7, 11) is 0. The van der Waals surface area contributed by atoms with Crippen molar-refractivity contribution in [2.24, 2.45) is 5.92 Å². The van der Waals surface area contributed by atoms with E-state index < -0.39 is 0 Å². The van der Waals surface area contributed by atoms with E-state index in [1.54, 1.807) is 0 Å². The van der Waals surface area contributed by atoms with Crippen molar-refractivity contribution in [3.05, 3.63) is 18.2 Å². The summed E-state index contributed by atoms with van der Waals surface area (Å²) in [6.07, 6.45) is 5.05. The van der Waals surface area contributed by atoms with Gasteiger partial charge in [0.25, 0.3) is 6.01 Å². The van der Waals surface area contributed by atoms with Crippen LogP contribution < -0.4 is 9.47 Å². The molecule has 1 fully saturated rings. The van der Waals surface area contributed by atoms with E-state index in [0.29, 0.717) is 12.5 Å². The summed E-state index contributed by atoms with van der Waals surface area (Å²) in [5, 5.41) is 0. The van der Waals surface area contributed by atoms with E-state index in [4.69, 9.17) is 14.5 Å². The van der Waals surface area contributed by atoms with Crippen molar-refractivity contribution < 1.29 is 9.47 Å². The van der Waals surface area contributed by atoms with Gasteiger partial charge < -0.3 is 14.4 Å². The number of hydrogen-bond donors (Lipinski definition) is 0. The summed E-state index contributed by atoms with van der Waals surface area (Å²) < 4.78 is 14.3. The number of ether oxygens (including phenoxy) is 2. The van der Waals surface area contributed by atoms with Crippen molar-refractivity contribution in [2.45, 2.75) is 45.6 Å². The Kier molecular flexibility index (Phi) is 4.84. The lowest BCUT2D eigenvalue weighted by atomic mass is 9.98. The van der Waals surface area contributed by atoms with Crippen LogP contribution in [0.1, 0.15) is 45.6 Å². The van der Waals surface area contributed by atoms with E-state index in [-0.39, 0.29) is 6.04 Å². The summed E-state index contributed by atoms with van der Waals surface area (Å²) in [5.41, 5.74) is 2.04. The number of piperidine rings is 1. The highest BCUT2D eigenvalue weighted by molar-refractivity contribution is 5.84. The summed E-state index contributed by atoms with van der Waals surface area (Å²) >= 11 is 0. The number of aromatic nitrogens is 2. The second kappa shape index (κ2) is 7.24. The monoisotopic (exact) mass is 343 g/mol. The van der Waals surface area contributed by atoms with Gasteiger partial charge in [-0.3, -0.25) is 4.57 Å². The first kappa shape index (κ1) is 16.7. The third-order valence-corrected chi connectivity index (χ3v) is 5.54. The van der Waals surface area contributed by atoms with Crippen molar-refractivity contribution in [1.82, 2.24) is 14.5 Å². The van der Waals surface area contributed by atoms with Crippen molar-refractivity contribution in [2.75, 3.05) is 32.8 Å². The molecule has 1 aromatic carbocycles. The quantitative estimate of drug-likeness (QED) is 0.798. The number of para-hydroxylation sites is 1. The summed E-state index contributed by atoms with van der Waals surface area (Å²) in [6, 6.07) is 7.07. The molecule has 0 amide bonds. The number of hydrogen-bond acceptors (Lipinski definition) is 4. The van der Waals surface area contributed by atoms with E-state index >= 15 is 0 Å². The third kappa shape index (κ3) is 3.34. The van der Waals surface area contributed by atoms with Crippen LogP contribution in [0.15, 0.2) is 18.2 Å². The van der Waals surface area contributed by atoms with E-state index in [9.17, 15) is 0 Å². The van der Waals surface area contributed by atoms with Gasteiger partial charge in [-0.1, -0.05) is 19.4 Å². The molecule has 1 aromatic heterocycles. The molecule has 0 bridgehead atoms. The molecule has 0 radical (unpaired) electrons. The molecule has 5 heteroatoms. The van der Waals surface area contributed by atoms with Gasteiger partial charge >= 0.3 is 0 Å². The number of nitrogens with zero attached hydrogens (tertiary/aromatic N) is 3. The Balaban J connectivity index is 1.41. The minimum atomic E-state index is 0.255. The molecule has 3 heterocycles. The summed E-state index contributed by atoms with van der Waals surface area (Å²) in [6.45, 7) is 9.54. The zero-order valence-electron chi connectivity index (χ0n) is 15.4. The summed E-state index contributed by atoms with van der Waals surface area (Å²) in [5.74, 6) is 1.56. The number of imidazole rings is 1. The predicted molar refractivity (Wildman–Crippen MR) is 99.5 cm³/mol. The largest absolute Gasteiger partial charge is 0.489 e. The van der Waals surface area contributed by atoms with Gasteiger partial charge in [0.15, 0.2) is 0 Å². The maximum Gasteiger partial charge on any atom is 0.297 e. The van der Waals surface area contributed by atoms with Crippen LogP contribution in [0.5, 0.6) is 11.8 Å². The van der Waals surface area contributed by atoms with Gasteiger partial charge in [0.2, 0.25) is 0 Å². The lowest BCUT2D eigenvalue weighted by Gasteiger charge is -2.31. The Hall–Kier alpha value is -1.75. The molecule has 2 aromatic rings. The normalized spacial score (nSPS) is 21.4. The van der Waals surface area contributed by atoms with Crippen molar-refractivity contribution in [3.63, 3.8) is 0 Å². The zero-order valence-corrected chi connectivity index (χ0v) is 15.4. The molecule has 0 spiro atoms. The Bertz CT molecular complexity index is 719. The van der Waals surface area contributed by atoms with Crippen LogP contribution in [-0.2, 0) is 0 Å². The van der Waals surface area contributed by atoms with Gasteiger partial charge in [0.05, 0.1) is 18.2 Å². The van der Waals surface area contributed by atoms with E-state index in [2.05, 4.69) is 23.3 Å². The van der Waals surface area contributed by atoms with Gasteiger partial charge in [0.1, 0.15) is 17.9 Å². The van der Waals surface area contributed by atoms with Gasteiger partial charge in [-0.15, -0.1) is 0 Å². The molecule has 0 N–H and O–H groups in total. The molecule has 2 aliphatic heterocycles. The highest BCUT2D eigenvalue weighted by Gasteiger charge is 2.26. The minimum absolute atomic E-state index is 0.255. The van der Waals surface area contributed by atoms with Crippen LogP contribution in [0.4, 0.5) is 0 Å². The van der Waals surface area contributed by atoms with Gasteiger partial charge in [0, 0.05) is 0 Å². The number of rotatable bonds is 6. The Morgan fingerprint density at radius 2 is 2.12 bits per heavy atom. The number of unbranched alkanes of at least 4 members (excludes halogenated alkanes) is 1. The maximum atomic E-state index is 6.21. The van der Waals surface area contributed by atoms with E-state index in [1.807, 2.05) is 18.2 Å². The minimum Gasteiger partial charge on any atom is -0.489 e. The first-order chi connectivity index (χ1) is 12.3. The van der Waals surface area contributed by atoms with Crippen LogP contribution in [0.3, 0.4) is 0 Å². The molecule has 25 heavy (non-hydrogen) atoms. The Morgan fingerprint density at radius 1 is 1.28 bits per heavy atom. The fourth-order valence-corrected chi connectivity index (χ4v) is 3.96. The molecule has 5 nitrogen and oxygen atoms in total. The van der Waals surface area contributed by atoms with Crippen LogP contribution >= 0.6 is 0 Å². The van der Waals surface area contributed by atoms with Crippen molar-refractivity contribution in [3.8, 4) is 11.8 Å². The van der Waals surface area contributed by atoms with Crippen molar-refractivity contribution in [1.29, 1.82) is 0 Å². The fourth-order valence-electron chi connectivity index (χ4n) is 3.96. The third-order valence-electron chi connectivity index (χ3n) is 5.54. The number of benzene rings is 1. The lowest BCUT2D eigenvalue weighted by Crippen LogP contribution is -2.36. The second-order valence-electron chi connectivity index (χ2n) is 7.50. The van der Waals surface area contributed by atoms with E-state index in [1.165, 1.54) is 45.3 Å². The number of likely N-dealkylation sites (tertiary alicyclic amines) is 1. The van der Waals surface area contributed by atoms with Crippen LogP contribution in [0.25, 0.3) is 11.0 Å². The lowest BCUT2D eigenvalue weighted by molar-refractivity contribution is 0.129. The SMILES string of the molecule is CCCCN1CCC(COc2nc3cccc4c3n2C(C)CO4)CC1. The highest BCUT2D eigenvalue weighted by atomic mass is 16.5. The molecular weight excluding hydrogens is 314 g/mol. The summed E-state index contributed by atoms with van der Waals surface area (Å²) in [4.78, 5) is 7.32. The second-order valence-corrected chi connectivity index (χ2v) is 7.50. The average Bonchev–Trinajstić information content (AvgIpc) is 3.02.